The molecule has 1 heterocycles. The summed E-state index contributed by atoms with van der Waals surface area (Å²) in [7, 11) is 3.74. The molecule has 1 N–H and O–H groups in total. The molecule has 1 aromatic carbocycles. The molecule has 1 saturated heterocycles. The van der Waals surface area contributed by atoms with Crippen molar-refractivity contribution in [2.45, 2.75) is 18.6 Å². The molecule has 0 unspecified atom stereocenters. The molecule has 0 saturated carbocycles. The number of halogens is 6. The summed E-state index contributed by atoms with van der Waals surface area (Å²) in [5, 5.41) is 3.55. The first kappa shape index (κ1) is 23.6. The van der Waals surface area contributed by atoms with Gasteiger partial charge < -0.3 is 10.2 Å². The number of rotatable bonds is 4. The number of anilines is 1. The molecule has 1 aliphatic rings. The van der Waals surface area contributed by atoms with Crippen molar-refractivity contribution in [1.29, 1.82) is 0 Å². The number of hydrogen-bond donors (Lipinski definition) is 1. The standard InChI is InChI=1S/C15H21ClF3N3.2ClH/c1-21(2)11-3-4-12(13(16)9-11)14(10-15(17,18)19)22-7-5-20-6-8-22;;/h3-4,9,14,20H,5-8,10H2,1-2H3;2*1H/t14-;;/m1../s1. The van der Waals surface area contributed by atoms with E-state index in [9.17, 15) is 13.2 Å². The molecule has 1 aromatic rings. The average Bonchev–Trinajstić information content (AvgIpc) is 2.45. The SMILES string of the molecule is CN(C)c1ccc([C@@H](CC(F)(F)F)N2CCNCC2)c(Cl)c1.Cl.Cl. The lowest BCUT2D eigenvalue weighted by atomic mass is 10.00. The summed E-state index contributed by atoms with van der Waals surface area (Å²) in [4.78, 5) is 3.74. The highest BCUT2D eigenvalue weighted by Crippen LogP contribution is 2.38. The molecule has 24 heavy (non-hydrogen) atoms. The van der Waals surface area contributed by atoms with Crippen molar-refractivity contribution in [3.8, 4) is 0 Å². The van der Waals surface area contributed by atoms with Crippen LogP contribution in [0, 0.1) is 0 Å². The Morgan fingerprint density at radius 3 is 2.25 bits per heavy atom. The van der Waals surface area contributed by atoms with Crippen LogP contribution < -0.4 is 10.2 Å². The minimum absolute atomic E-state index is 0. The molecule has 1 atom stereocenters. The molecule has 1 aliphatic heterocycles. The maximum Gasteiger partial charge on any atom is 0.390 e. The van der Waals surface area contributed by atoms with Crippen LogP contribution in [0.3, 0.4) is 0 Å². The first-order valence-electron chi connectivity index (χ1n) is 7.26. The van der Waals surface area contributed by atoms with Crippen molar-refractivity contribution in [2.24, 2.45) is 0 Å². The zero-order valence-corrected chi connectivity index (χ0v) is 16.0. The predicted molar refractivity (Wildman–Crippen MR) is 98.1 cm³/mol. The maximum atomic E-state index is 13.0. The zero-order valence-electron chi connectivity index (χ0n) is 13.6. The fourth-order valence-corrected chi connectivity index (χ4v) is 3.01. The highest BCUT2D eigenvalue weighted by atomic mass is 35.5. The fourth-order valence-electron chi connectivity index (χ4n) is 2.71. The van der Waals surface area contributed by atoms with Crippen LogP contribution in [0.1, 0.15) is 18.0 Å². The van der Waals surface area contributed by atoms with Gasteiger partial charge >= 0.3 is 6.18 Å². The minimum atomic E-state index is -4.22. The monoisotopic (exact) mass is 407 g/mol. The van der Waals surface area contributed by atoms with Crippen LogP contribution in [0.4, 0.5) is 18.9 Å². The van der Waals surface area contributed by atoms with E-state index in [0.29, 0.717) is 36.8 Å². The second-order valence-electron chi connectivity index (χ2n) is 5.72. The summed E-state index contributed by atoms with van der Waals surface area (Å²) in [5.41, 5.74) is 1.42. The Morgan fingerprint density at radius 1 is 1.21 bits per heavy atom. The van der Waals surface area contributed by atoms with E-state index in [1.54, 1.807) is 12.1 Å². The third-order valence-corrected chi connectivity index (χ3v) is 4.20. The molecule has 0 spiro atoms. The van der Waals surface area contributed by atoms with Crippen molar-refractivity contribution in [2.75, 3.05) is 45.2 Å². The van der Waals surface area contributed by atoms with Crippen molar-refractivity contribution in [3.63, 3.8) is 0 Å². The molecule has 9 heteroatoms. The summed E-state index contributed by atoms with van der Waals surface area (Å²) in [6, 6.07) is 4.52. The van der Waals surface area contributed by atoms with E-state index in [4.69, 9.17) is 11.6 Å². The summed E-state index contributed by atoms with van der Waals surface area (Å²) in [6.07, 6.45) is -5.10. The van der Waals surface area contributed by atoms with E-state index < -0.39 is 18.6 Å². The first-order chi connectivity index (χ1) is 10.3. The Bertz CT molecular complexity index is 506. The van der Waals surface area contributed by atoms with Crippen molar-refractivity contribution < 1.29 is 13.2 Å². The molecular formula is C15H23Cl3F3N3. The second-order valence-corrected chi connectivity index (χ2v) is 6.13. The molecule has 0 aliphatic carbocycles. The molecular weight excluding hydrogens is 386 g/mol. The third kappa shape index (κ3) is 6.48. The summed E-state index contributed by atoms with van der Waals surface area (Å²) in [5.74, 6) is 0. The molecule has 1 fully saturated rings. The van der Waals surface area contributed by atoms with Gasteiger partial charge in [-0.2, -0.15) is 13.2 Å². The number of alkyl halides is 3. The van der Waals surface area contributed by atoms with Crippen LogP contribution in [0.5, 0.6) is 0 Å². The topological polar surface area (TPSA) is 18.5 Å². The smallest absolute Gasteiger partial charge is 0.378 e. The molecule has 140 valence electrons. The van der Waals surface area contributed by atoms with E-state index in [-0.39, 0.29) is 24.8 Å². The van der Waals surface area contributed by atoms with Crippen LogP contribution in [-0.4, -0.2) is 51.4 Å². The summed E-state index contributed by atoms with van der Waals surface area (Å²) in [6.45, 7) is 2.57. The molecule has 0 amide bonds. The number of nitrogens with zero attached hydrogens (tertiary/aromatic N) is 2. The van der Waals surface area contributed by atoms with Crippen LogP contribution in [0.15, 0.2) is 18.2 Å². The van der Waals surface area contributed by atoms with Gasteiger partial charge in [0.05, 0.1) is 6.42 Å². The van der Waals surface area contributed by atoms with Crippen molar-refractivity contribution >= 4 is 42.1 Å². The van der Waals surface area contributed by atoms with Gasteiger partial charge in [0.25, 0.3) is 0 Å². The molecule has 3 nitrogen and oxygen atoms in total. The van der Waals surface area contributed by atoms with Crippen molar-refractivity contribution in [3.05, 3.63) is 28.8 Å². The van der Waals surface area contributed by atoms with Gasteiger partial charge in [-0.15, -0.1) is 24.8 Å². The highest BCUT2D eigenvalue weighted by molar-refractivity contribution is 6.31. The van der Waals surface area contributed by atoms with Crippen LogP contribution in [0.25, 0.3) is 0 Å². The van der Waals surface area contributed by atoms with E-state index >= 15 is 0 Å². The van der Waals surface area contributed by atoms with E-state index in [0.717, 1.165) is 5.69 Å². The molecule has 0 radical (unpaired) electrons. The molecule has 0 aromatic heterocycles. The molecule has 0 bridgehead atoms. The zero-order chi connectivity index (χ0) is 16.3. The van der Waals surface area contributed by atoms with E-state index in [2.05, 4.69) is 5.32 Å². The van der Waals surface area contributed by atoms with Crippen LogP contribution >= 0.6 is 36.4 Å². The summed E-state index contributed by atoms with van der Waals surface area (Å²) >= 11 is 6.28. The normalized spacial score (nSPS) is 16.8. The van der Waals surface area contributed by atoms with Gasteiger partial charge in [0.2, 0.25) is 0 Å². The Balaban J connectivity index is 0.00000264. The maximum absolute atomic E-state index is 13.0. The lowest BCUT2D eigenvalue weighted by Crippen LogP contribution is -2.46. The Kier molecular flexibility index (Phi) is 9.76. The van der Waals surface area contributed by atoms with Gasteiger partial charge in [0.15, 0.2) is 0 Å². The Labute approximate surface area is 158 Å². The largest absolute Gasteiger partial charge is 0.390 e. The lowest BCUT2D eigenvalue weighted by molar-refractivity contribution is -0.148. The molecule has 2 rings (SSSR count). The van der Waals surface area contributed by atoms with Gasteiger partial charge in [-0.05, 0) is 17.7 Å². The minimum Gasteiger partial charge on any atom is -0.378 e. The van der Waals surface area contributed by atoms with Gasteiger partial charge in [0.1, 0.15) is 0 Å². The Morgan fingerprint density at radius 2 is 1.79 bits per heavy atom. The van der Waals surface area contributed by atoms with Crippen LogP contribution in [-0.2, 0) is 0 Å². The highest BCUT2D eigenvalue weighted by Gasteiger charge is 2.36. The number of benzene rings is 1. The second kappa shape index (κ2) is 9.92. The van der Waals surface area contributed by atoms with Gasteiger partial charge in [-0.3, -0.25) is 4.90 Å². The van der Waals surface area contributed by atoms with Gasteiger partial charge in [-0.25, -0.2) is 0 Å². The quantitative estimate of drug-likeness (QED) is 0.807. The van der Waals surface area contributed by atoms with Crippen molar-refractivity contribution in [1.82, 2.24) is 10.2 Å². The van der Waals surface area contributed by atoms with E-state index in [1.165, 1.54) is 0 Å². The lowest BCUT2D eigenvalue weighted by Gasteiger charge is -2.36. The number of nitrogens with one attached hydrogen (secondary N) is 1. The summed E-state index contributed by atoms with van der Waals surface area (Å²) < 4.78 is 39.0. The van der Waals surface area contributed by atoms with E-state index in [1.807, 2.05) is 30.0 Å². The third-order valence-electron chi connectivity index (χ3n) is 3.88. The Hall–Kier alpha value is -0.400. The predicted octanol–water partition coefficient (Wildman–Crippen LogP) is 4.15. The van der Waals surface area contributed by atoms with Gasteiger partial charge in [-0.1, -0.05) is 17.7 Å². The first-order valence-corrected chi connectivity index (χ1v) is 7.64. The number of hydrogen-bond acceptors (Lipinski definition) is 3. The number of piperazine rings is 1. The fraction of sp³-hybridized carbons (Fsp3) is 0.600. The van der Waals surface area contributed by atoms with Gasteiger partial charge in [0, 0.05) is 57.0 Å². The average molecular weight is 409 g/mol. The van der Waals surface area contributed by atoms with Crippen LogP contribution in [0.2, 0.25) is 5.02 Å².